The number of amides is 1. The normalized spacial score (nSPS) is 13.4. The first-order valence-electron chi connectivity index (χ1n) is 7.17. The summed E-state index contributed by atoms with van der Waals surface area (Å²) in [6.07, 6.45) is 0. The highest BCUT2D eigenvalue weighted by atomic mass is 32.2. The third-order valence-electron chi connectivity index (χ3n) is 3.40. The average molecular weight is 312 g/mol. The Hall–Kier alpha value is -1.40. The van der Waals surface area contributed by atoms with E-state index in [9.17, 15) is 13.2 Å². The number of nitrogens with one attached hydrogen (secondary N) is 1. The zero-order valence-corrected chi connectivity index (χ0v) is 13.9. The Morgan fingerprint density at radius 2 is 1.67 bits per heavy atom. The van der Waals surface area contributed by atoms with Crippen LogP contribution in [0.25, 0.3) is 0 Å². The summed E-state index contributed by atoms with van der Waals surface area (Å²) in [4.78, 5) is 14.4. The van der Waals surface area contributed by atoms with Gasteiger partial charge in [-0.25, -0.2) is 8.42 Å². The fourth-order valence-corrected chi connectivity index (χ4v) is 2.69. The van der Waals surface area contributed by atoms with Crippen LogP contribution in [0.5, 0.6) is 0 Å². The van der Waals surface area contributed by atoms with Crippen LogP contribution in [0.1, 0.15) is 39.3 Å². The molecule has 118 valence electrons. The first kappa shape index (κ1) is 17.7. The van der Waals surface area contributed by atoms with Gasteiger partial charge in [-0.2, -0.15) is 0 Å². The summed E-state index contributed by atoms with van der Waals surface area (Å²) in [5, 5.41) is -0.644. The largest absolute Gasteiger partial charge is 0.289 e. The molecule has 0 aromatic heterocycles. The van der Waals surface area contributed by atoms with Crippen molar-refractivity contribution >= 4 is 15.9 Å². The maximum absolute atomic E-state index is 12.5. The van der Waals surface area contributed by atoms with E-state index >= 15 is 0 Å². The minimum absolute atomic E-state index is 0.501. The molecule has 0 fully saturated rings. The minimum Gasteiger partial charge on any atom is -0.289 e. The van der Waals surface area contributed by atoms with Crippen LogP contribution in [0.3, 0.4) is 0 Å². The van der Waals surface area contributed by atoms with Crippen LogP contribution >= 0.6 is 0 Å². The summed E-state index contributed by atoms with van der Waals surface area (Å²) in [6, 6.07) is 8.63. The summed E-state index contributed by atoms with van der Waals surface area (Å²) >= 11 is 0. The van der Waals surface area contributed by atoms with Crippen molar-refractivity contribution in [3.05, 3.63) is 35.9 Å². The average Bonchev–Trinajstić information content (AvgIpc) is 2.44. The number of nitrogens with zero attached hydrogens (tertiary/aromatic N) is 1. The van der Waals surface area contributed by atoms with E-state index in [1.165, 1.54) is 0 Å². The Morgan fingerprint density at radius 1 is 1.14 bits per heavy atom. The van der Waals surface area contributed by atoms with Gasteiger partial charge in [-0.15, -0.1) is 0 Å². The number of benzene rings is 1. The van der Waals surface area contributed by atoms with Crippen molar-refractivity contribution in [3.63, 3.8) is 0 Å². The molecule has 0 aliphatic heterocycles. The van der Waals surface area contributed by atoms with Gasteiger partial charge in [0.25, 0.3) is 5.91 Å². The molecule has 0 saturated carbocycles. The number of likely N-dealkylation sites (N-methyl/N-ethyl adjacent to an activating group) is 1. The van der Waals surface area contributed by atoms with E-state index in [1.54, 1.807) is 13.8 Å². The highest BCUT2D eigenvalue weighted by Gasteiger charge is 2.29. The van der Waals surface area contributed by atoms with Gasteiger partial charge in [0.15, 0.2) is 0 Å². The molecule has 21 heavy (non-hydrogen) atoms. The Bertz CT molecular complexity index is 552. The molecule has 0 bridgehead atoms. The number of hydrogen-bond acceptors (Lipinski definition) is 4. The van der Waals surface area contributed by atoms with E-state index in [0.717, 1.165) is 5.56 Å². The molecule has 0 spiro atoms. The molecule has 0 radical (unpaired) electrons. The fourth-order valence-electron chi connectivity index (χ4n) is 2.07. The molecule has 1 aromatic rings. The number of hydrogen-bond donors (Lipinski definition) is 1. The second-order valence-corrected chi connectivity index (χ2v) is 7.33. The van der Waals surface area contributed by atoms with Crippen LogP contribution in [-0.4, -0.2) is 37.6 Å². The predicted octanol–water partition coefficient (Wildman–Crippen LogP) is 1.92. The van der Waals surface area contributed by atoms with Crippen molar-refractivity contribution in [1.82, 2.24) is 9.62 Å². The Kier molecular flexibility index (Phi) is 6.36. The van der Waals surface area contributed by atoms with Crippen molar-refractivity contribution in [3.8, 4) is 0 Å². The molecule has 0 aliphatic rings. The Morgan fingerprint density at radius 3 is 2.10 bits per heavy atom. The second-order valence-electron chi connectivity index (χ2n) is 5.09. The van der Waals surface area contributed by atoms with Gasteiger partial charge in [0.1, 0.15) is 6.04 Å². The Labute approximate surface area is 127 Å². The van der Waals surface area contributed by atoms with E-state index in [0.29, 0.717) is 13.1 Å². The third kappa shape index (κ3) is 4.54. The topological polar surface area (TPSA) is 66.5 Å². The van der Waals surface area contributed by atoms with Crippen molar-refractivity contribution in [2.24, 2.45) is 0 Å². The van der Waals surface area contributed by atoms with E-state index < -0.39 is 27.2 Å². The molecule has 0 saturated heterocycles. The van der Waals surface area contributed by atoms with Gasteiger partial charge >= 0.3 is 0 Å². The fraction of sp³-hybridized carbons (Fsp3) is 0.533. The van der Waals surface area contributed by atoms with Crippen molar-refractivity contribution in [1.29, 1.82) is 0 Å². The molecule has 0 heterocycles. The van der Waals surface area contributed by atoms with Crippen LogP contribution in [-0.2, 0) is 14.8 Å². The summed E-state index contributed by atoms with van der Waals surface area (Å²) in [5.74, 6) is -0.501. The van der Waals surface area contributed by atoms with Crippen LogP contribution < -0.4 is 4.72 Å². The number of carbonyl (C=O) groups excluding carboxylic acids is 1. The van der Waals surface area contributed by atoms with Crippen LogP contribution in [0.4, 0.5) is 0 Å². The molecule has 5 nitrogen and oxygen atoms in total. The third-order valence-corrected chi connectivity index (χ3v) is 5.13. The smallest absolute Gasteiger partial charge is 0.255 e. The van der Waals surface area contributed by atoms with Crippen LogP contribution in [0.2, 0.25) is 0 Å². The van der Waals surface area contributed by atoms with Gasteiger partial charge in [0.2, 0.25) is 10.0 Å². The monoisotopic (exact) mass is 312 g/mol. The maximum Gasteiger partial charge on any atom is 0.255 e. The van der Waals surface area contributed by atoms with Crippen molar-refractivity contribution in [2.75, 3.05) is 13.1 Å². The Balaban J connectivity index is 3.11. The standard InChI is InChI=1S/C15H24N2O3S/c1-5-17(6-2)14(13-10-8-7-9-11-13)15(18)16-21(19,20)12(3)4/h7-12,14H,5-6H2,1-4H3,(H,16,18). The predicted molar refractivity (Wildman–Crippen MR) is 84.3 cm³/mol. The lowest BCUT2D eigenvalue weighted by Gasteiger charge is -2.29. The van der Waals surface area contributed by atoms with E-state index in [4.69, 9.17) is 0 Å². The number of rotatable bonds is 7. The van der Waals surface area contributed by atoms with Gasteiger partial charge in [-0.05, 0) is 32.5 Å². The van der Waals surface area contributed by atoms with Crippen molar-refractivity contribution < 1.29 is 13.2 Å². The van der Waals surface area contributed by atoms with Gasteiger partial charge in [0, 0.05) is 0 Å². The second kappa shape index (κ2) is 7.56. The highest BCUT2D eigenvalue weighted by molar-refractivity contribution is 7.90. The molecule has 1 unspecified atom stereocenters. The van der Waals surface area contributed by atoms with Crippen LogP contribution in [0.15, 0.2) is 30.3 Å². The van der Waals surface area contributed by atoms with E-state index in [1.807, 2.05) is 49.1 Å². The summed E-state index contributed by atoms with van der Waals surface area (Å²) in [7, 11) is -3.63. The summed E-state index contributed by atoms with van der Waals surface area (Å²) in [6.45, 7) is 8.30. The number of carbonyl (C=O) groups is 1. The summed E-state index contributed by atoms with van der Waals surface area (Å²) in [5.41, 5.74) is 0.789. The van der Waals surface area contributed by atoms with E-state index in [-0.39, 0.29) is 0 Å². The number of sulfonamides is 1. The van der Waals surface area contributed by atoms with Gasteiger partial charge in [-0.1, -0.05) is 44.2 Å². The molecular formula is C15H24N2O3S. The molecular weight excluding hydrogens is 288 g/mol. The lowest BCUT2D eigenvalue weighted by atomic mass is 10.0. The quantitative estimate of drug-likeness (QED) is 0.835. The zero-order chi connectivity index (χ0) is 16.0. The SMILES string of the molecule is CCN(CC)C(C(=O)NS(=O)(=O)C(C)C)c1ccccc1. The van der Waals surface area contributed by atoms with Crippen molar-refractivity contribution in [2.45, 2.75) is 39.0 Å². The summed E-state index contributed by atoms with van der Waals surface area (Å²) < 4.78 is 26.0. The first-order chi connectivity index (χ1) is 9.83. The molecule has 1 atom stereocenters. The van der Waals surface area contributed by atoms with E-state index in [2.05, 4.69) is 4.72 Å². The lowest BCUT2D eigenvalue weighted by Crippen LogP contribution is -2.44. The molecule has 6 heteroatoms. The lowest BCUT2D eigenvalue weighted by molar-refractivity contribution is -0.124. The maximum atomic E-state index is 12.5. The first-order valence-corrected chi connectivity index (χ1v) is 8.72. The van der Waals surface area contributed by atoms with Crippen LogP contribution in [0, 0.1) is 0 Å². The molecule has 1 aromatic carbocycles. The van der Waals surface area contributed by atoms with Gasteiger partial charge < -0.3 is 0 Å². The van der Waals surface area contributed by atoms with Gasteiger partial charge in [-0.3, -0.25) is 14.4 Å². The highest BCUT2D eigenvalue weighted by Crippen LogP contribution is 2.21. The molecule has 1 N–H and O–H groups in total. The van der Waals surface area contributed by atoms with Gasteiger partial charge in [0.05, 0.1) is 5.25 Å². The molecule has 1 amide bonds. The molecule has 1 rings (SSSR count). The zero-order valence-electron chi connectivity index (χ0n) is 13.0. The molecule has 0 aliphatic carbocycles. The minimum atomic E-state index is -3.63.